The zero-order valence-corrected chi connectivity index (χ0v) is 11.3. The van der Waals surface area contributed by atoms with Crippen LogP contribution in [0.3, 0.4) is 0 Å². The second kappa shape index (κ2) is 5.61. The largest absolute Gasteiger partial charge is 0.323 e. The molecule has 0 bridgehead atoms. The monoisotopic (exact) mass is 303 g/mol. The van der Waals surface area contributed by atoms with Crippen LogP contribution in [-0.4, -0.2) is 15.5 Å². The molecule has 0 fully saturated rings. The van der Waals surface area contributed by atoms with Crippen LogP contribution in [0.15, 0.2) is 30.6 Å². The van der Waals surface area contributed by atoms with Gasteiger partial charge in [-0.3, -0.25) is 4.79 Å². The predicted molar refractivity (Wildman–Crippen MR) is 72.3 cm³/mol. The van der Waals surface area contributed by atoms with Crippen molar-refractivity contribution in [2.75, 3.05) is 5.32 Å². The van der Waals surface area contributed by atoms with Gasteiger partial charge < -0.3 is 9.88 Å². The third-order valence-electron chi connectivity index (χ3n) is 2.18. The Hall–Kier alpha value is -1.23. The summed E-state index contributed by atoms with van der Waals surface area (Å²) in [5.41, 5.74) is 0.463. The quantitative estimate of drug-likeness (QED) is 0.943. The highest BCUT2D eigenvalue weighted by molar-refractivity contribution is 6.35. The summed E-state index contributed by atoms with van der Waals surface area (Å²) in [5, 5.41) is 3.82. The van der Waals surface area contributed by atoms with E-state index in [1.54, 1.807) is 24.4 Å². The summed E-state index contributed by atoms with van der Waals surface area (Å²) in [6.07, 6.45) is 3.13. The van der Waals surface area contributed by atoms with Crippen molar-refractivity contribution in [2.24, 2.45) is 0 Å². The second-order valence-corrected chi connectivity index (χ2v) is 4.68. The van der Waals surface area contributed by atoms with Gasteiger partial charge in [0.2, 0.25) is 11.2 Å². The molecule has 0 aliphatic rings. The molecule has 0 atom stereocenters. The molecule has 1 heterocycles. The van der Waals surface area contributed by atoms with Crippen LogP contribution in [0.5, 0.6) is 0 Å². The van der Waals surface area contributed by atoms with Crippen molar-refractivity contribution in [3.63, 3.8) is 0 Å². The van der Waals surface area contributed by atoms with E-state index in [1.165, 1.54) is 10.8 Å². The predicted octanol–water partition coefficient (Wildman–Crippen LogP) is 3.48. The maximum absolute atomic E-state index is 11.8. The van der Waals surface area contributed by atoms with E-state index < -0.39 is 0 Å². The van der Waals surface area contributed by atoms with Crippen molar-refractivity contribution in [1.29, 1.82) is 0 Å². The van der Waals surface area contributed by atoms with Gasteiger partial charge >= 0.3 is 0 Å². The molecule has 0 aliphatic heterocycles. The number of carbonyl (C=O) groups is 1. The maximum Gasteiger partial charge on any atom is 0.244 e. The molecule has 1 aromatic carbocycles. The van der Waals surface area contributed by atoms with Gasteiger partial charge in [0.15, 0.2) is 0 Å². The van der Waals surface area contributed by atoms with Gasteiger partial charge in [-0.15, -0.1) is 0 Å². The topological polar surface area (TPSA) is 46.9 Å². The summed E-state index contributed by atoms with van der Waals surface area (Å²) in [6, 6.07) is 4.84. The zero-order valence-electron chi connectivity index (χ0n) is 9.03. The van der Waals surface area contributed by atoms with Crippen molar-refractivity contribution in [3.05, 3.63) is 45.9 Å². The number of nitrogens with zero attached hydrogens (tertiary/aromatic N) is 2. The lowest BCUT2D eigenvalue weighted by Crippen LogP contribution is -2.18. The second-order valence-electron chi connectivity index (χ2n) is 3.50. The van der Waals surface area contributed by atoms with Gasteiger partial charge in [0, 0.05) is 17.4 Å². The van der Waals surface area contributed by atoms with Gasteiger partial charge in [-0.05, 0) is 29.8 Å². The lowest BCUT2D eigenvalue weighted by molar-refractivity contribution is -0.116. The van der Waals surface area contributed by atoms with Crippen LogP contribution in [0.25, 0.3) is 0 Å². The third-order valence-corrected chi connectivity index (χ3v) is 3.06. The van der Waals surface area contributed by atoms with E-state index in [9.17, 15) is 4.79 Å². The first-order chi connectivity index (χ1) is 8.56. The van der Waals surface area contributed by atoms with E-state index in [0.29, 0.717) is 15.7 Å². The minimum atomic E-state index is -0.265. The number of aromatic nitrogens is 2. The minimum absolute atomic E-state index is 0.0572. The molecule has 2 rings (SSSR count). The van der Waals surface area contributed by atoms with E-state index in [-0.39, 0.29) is 17.7 Å². The highest BCUT2D eigenvalue weighted by Crippen LogP contribution is 2.25. The van der Waals surface area contributed by atoms with Crippen LogP contribution in [0, 0.1) is 0 Å². The third kappa shape index (κ3) is 3.16. The van der Waals surface area contributed by atoms with Crippen LogP contribution in [-0.2, 0) is 11.3 Å². The van der Waals surface area contributed by atoms with Crippen molar-refractivity contribution in [3.8, 4) is 0 Å². The zero-order chi connectivity index (χ0) is 13.1. The van der Waals surface area contributed by atoms with Crippen molar-refractivity contribution < 1.29 is 4.79 Å². The smallest absolute Gasteiger partial charge is 0.244 e. The molecule has 94 valence electrons. The highest BCUT2D eigenvalue weighted by atomic mass is 35.5. The fourth-order valence-corrected chi connectivity index (χ4v) is 1.88. The van der Waals surface area contributed by atoms with Crippen LogP contribution >= 0.6 is 34.8 Å². The molecule has 0 spiro atoms. The van der Waals surface area contributed by atoms with Gasteiger partial charge in [0.25, 0.3) is 0 Å². The fraction of sp³-hybridized carbons (Fsp3) is 0.0909. The van der Waals surface area contributed by atoms with Crippen molar-refractivity contribution >= 4 is 46.4 Å². The SMILES string of the molecule is O=C(Cn1ccnc1Cl)Nc1cc(Cl)ccc1Cl. The molecule has 18 heavy (non-hydrogen) atoms. The van der Waals surface area contributed by atoms with Crippen molar-refractivity contribution in [1.82, 2.24) is 9.55 Å². The van der Waals surface area contributed by atoms with Gasteiger partial charge in [0.05, 0.1) is 10.7 Å². The molecule has 2 aromatic rings. The van der Waals surface area contributed by atoms with Crippen LogP contribution in [0.4, 0.5) is 5.69 Å². The first-order valence-corrected chi connectivity index (χ1v) is 6.11. The first-order valence-electron chi connectivity index (χ1n) is 4.98. The number of imidazole rings is 1. The molecule has 7 heteroatoms. The number of nitrogens with one attached hydrogen (secondary N) is 1. The van der Waals surface area contributed by atoms with E-state index in [4.69, 9.17) is 34.8 Å². The lowest BCUT2D eigenvalue weighted by Gasteiger charge is -2.08. The molecular formula is C11H8Cl3N3O. The number of anilines is 1. The summed E-state index contributed by atoms with van der Waals surface area (Å²) in [7, 11) is 0. The Bertz CT molecular complexity index is 583. The molecule has 0 saturated heterocycles. The number of carbonyl (C=O) groups excluding carboxylic acids is 1. The highest BCUT2D eigenvalue weighted by Gasteiger charge is 2.09. The first kappa shape index (κ1) is 13.2. The summed E-state index contributed by atoms with van der Waals surface area (Å²) in [6.45, 7) is 0.0572. The molecule has 0 saturated carbocycles. The standard InChI is InChI=1S/C11H8Cl3N3O/c12-7-1-2-8(13)9(5-7)16-10(18)6-17-4-3-15-11(17)14/h1-5H,6H2,(H,16,18). The molecular weight excluding hydrogens is 296 g/mol. The minimum Gasteiger partial charge on any atom is -0.323 e. The van der Waals surface area contributed by atoms with Gasteiger partial charge in [-0.25, -0.2) is 4.98 Å². The summed E-state index contributed by atoms with van der Waals surface area (Å²) >= 11 is 17.5. The summed E-state index contributed by atoms with van der Waals surface area (Å²) < 4.78 is 1.51. The Kier molecular flexibility index (Phi) is 4.11. The number of halogens is 3. The molecule has 0 unspecified atom stereocenters. The lowest BCUT2D eigenvalue weighted by atomic mass is 10.3. The number of hydrogen-bond donors (Lipinski definition) is 1. The van der Waals surface area contributed by atoms with E-state index >= 15 is 0 Å². The average Bonchev–Trinajstić information content (AvgIpc) is 2.70. The number of amides is 1. The van der Waals surface area contributed by atoms with E-state index in [1.807, 2.05) is 0 Å². The molecule has 1 aromatic heterocycles. The Morgan fingerprint density at radius 1 is 1.33 bits per heavy atom. The van der Waals surface area contributed by atoms with Gasteiger partial charge in [-0.1, -0.05) is 23.2 Å². The molecule has 0 radical (unpaired) electrons. The number of rotatable bonds is 3. The molecule has 4 nitrogen and oxygen atoms in total. The number of benzene rings is 1. The van der Waals surface area contributed by atoms with Crippen LogP contribution in [0.1, 0.15) is 0 Å². The average molecular weight is 305 g/mol. The Morgan fingerprint density at radius 3 is 2.78 bits per heavy atom. The van der Waals surface area contributed by atoms with Gasteiger partial charge in [0.1, 0.15) is 6.54 Å². The molecule has 1 N–H and O–H groups in total. The van der Waals surface area contributed by atoms with Gasteiger partial charge in [-0.2, -0.15) is 0 Å². The van der Waals surface area contributed by atoms with E-state index in [0.717, 1.165) is 0 Å². The molecule has 0 aliphatic carbocycles. The molecule has 1 amide bonds. The van der Waals surface area contributed by atoms with Crippen LogP contribution < -0.4 is 5.32 Å². The van der Waals surface area contributed by atoms with E-state index in [2.05, 4.69) is 10.3 Å². The Labute approximate surface area is 118 Å². The summed E-state index contributed by atoms with van der Waals surface area (Å²) in [5.74, 6) is -0.265. The maximum atomic E-state index is 11.8. The number of hydrogen-bond acceptors (Lipinski definition) is 2. The summed E-state index contributed by atoms with van der Waals surface area (Å²) in [4.78, 5) is 15.6. The Balaban J connectivity index is 2.08. The fourth-order valence-electron chi connectivity index (χ4n) is 1.37. The van der Waals surface area contributed by atoms with Crippen LogP contribution in [0.2, 0.25) is 15.3 Å². The normalized spacial score (nSPS) is 10.4. The Morgan fingerprint density at radius 2 is 2.11 bits per heavy atom. The van der Waals surface area contributed by atoms with Crippen molar-refractivity contribution in [2.45, 2.75) is 6.54 Å².